The number of hydrogen-bond acceptors (Lipinski definition) is 6. The average Bonchev–Trinajstić information content (AvgIpc) is 3.08. The molecule has 0 bridgehead atoms. The normalized spacial score (nSPS) is 10.2. The zero-order chi connectivity index (χ0) is 21.6. The fourth-order valence-corrected chi connectivity index (χ4v) is 2.90. The molecule has 2 aromatic rings. The minimum Gasteiger partial charge on any atom is -0.497 e. The van der Waals surface area contributed by atoms with Gasteiger partial charge < -0.3 is 19.4 Å². The van der Waals surface area contributed by atoms with Crippen molar-refractivity contribution in [2.45, 2.75) is 20.3 Å². The fraction of sp³-hybridized carbons (Fsp3) is 0.333. The first-order chi connectivity index (χ1) is 13.8. The van der Waals surface area contributed by atoms with Gasteiger partial charge in [0.1, 0.15) is 11.4 Å². The lowest BCUT2D eigenvalue weighted by atomic mass is 9.98. The number of ketones is 1. The molecule has 8 heteroatoms. The topological polar surface area (TPSA) is 112 Å². The first-order valence-electron chi connectivity index (χ1n) is 9.06. The first kappa shape index (κ1) is 21.7. The number of nitriles is 1. The minimum atomic E-state index is -0.796. The van der Waals surface area contributed by atoms with E-state index >= 15 is 0 Å². The van der Waals surface area contributed by atoms with Gasteiger partial charge in [-0.05, 0) is 31.5 Å². The van der Waals surface area contributed by atoms with E-state index in [9.17, 15) is 14.4 Å². The number of aryl methyl sites for hydroxylation is 1. The Morgan fingerprint density at radius 2 is 1.86 bits per heavy atom. The van der Waals surface area contributed by atoms with Crippen molar-refractivity contribution in [1.29, 1.82) is 5.26 Å². The van der Waals surface area contributed by atoms with Crippen LogP contribution < -0.4 is 4.74 Å². The van der Waals surface area contributed by atoms with E-state index in [0.29, 0.717) is 22.6 Å². The third-order valence-corrected chi connectivity index (χ3v) is 4.37. The fourth-order valence-electron chi connectivity index (χ4n) is 2.90. The van der Waals surface area contributed by atoms with E-state index in [1.807, 2.05) is 6.07 Å². The smallest absolute Gasteiger partial charge is 0.340 e. The standard InChI is InChI=1S/C21H23N3O5/c1-5-29-21(27)16-13(2)23-18(19(25)20(26)24(3)12-6-11-22)17(16)14-7-9-15(28-4)10-8-14/h7-10,23H,5-6,12H2,1-4H3. The van der Waals surface area contributed by atoms with Gasteiger partial charge >= 0.3 is 5.97 Å². The van der Waals surface area contributed by atoms with E-state index in [0.717, 1.165) is 0 Å². The molecule has 1 amide bonds. The van der Waals surface area contributed by atoms with Gasteiger partial charge in [0.05, 0.1) is 31.8 Å². The summed E-state index contributed by atoms with van der Waals surface area (Å²) in [6, 6.07) is 8.73. The maximum Gasteiger partial charge on any atom is 0.340 e. The number of methoxy groups -OCH3 is 1. The van der Waals surface area contributed by atoms with Gasteiger partial charge in [-0.2, -0.15) is 5.26 Å². The number of hydrogen-bond donors (Lipinski definition) is 1. The number of nitrogens with one attached hydrogen (secondary N) is 1. The van der Waals surface area contributed by atoms with Gasteiger partial charge in [-0.1, -0.05) is 12.1 Å². The number of benzene rings is 1. The molecule has 29 heavy (non-hydrogen) atoms. The molecule has 8 nitrogen and oxygen atoms in total. The molecule has 0 saturated heterocycles. The SMILES string of the molecule is CCOC(=O)c1c(C)[nH]c(C(=O)C(=O)N(C)CCC#N)c1-c1ccc(OC)cc1. The third kappa shape index (κ3) is 4.63. The number of aromatic amines is 1. The summed E-state index contributed by atoms with van der Waals surface area (Å²) >= 11 is 0. The molecule has 0 saturated carbocycles. The Bertz CT molecular complexity index is 954. The van der Waals surface area contributed by atoms with Gasteiger partial charge in [0.15, 0.2) is 0 Å². The molecule has 0 aliphatic heterocycles. The van der Waals surface area contributed by atoms with Gasteiger partial charge in [-0.15, -0.1) is 0 Å². The van der Waals surface area contributed by atoms with Crippen LogP contribution in [-0.4, -0.2) is 54.9 Å². The van der Waals surface area contributed by atoms with E-state index in [1.54, 1.807) is 38.1 Å². The van der Waals surface area contributed by atoms with Crippen molar-refractivity contribution in [2.24, 2.45) is 0 Å². The lowest BCUT2D eigenvalue weighted by Gasteiger charge is -2.14. The van der Waals surface area contributed by atoms with Crippen molar-refractivity contribution in [1.82, 2.24) is 9.88 Å². The Morgan fingerprint density at radius 1 is 1.21 bits per heavy atom. The van der Waals surface area contributed by atoms with Crippen molar-refractivity contribution < 1.29 is 23.9 Å². The zero-order valence-electron chi connectivity index (χ0n) is 16.9. The number of ether oxygens (including phenoxy) is 2. The summed E-state index contributed by atoms with van der Waals surface area (Å²) in [4.78, 5) is 42.1. The monoisotopic (exact) mass is 397 g/mol. The van der Waals surface area contributed by atoms with Crippen LogP contribution in [0.1, 0.15) is 39.9 Å². The summed E-state index contributed by atoms with van der Waals surface area (Å²) in [5, 5.41) is 8.70. The number of H-pyrrole nitrogens is 1. The molecule has 0 atom stereocenters. The molecule has 0 radical (unpaired) electrons. The van der Waals surface area contributed by atoms with E-state index in [2.05, 4.69) is 4.98 Å². The number of Topliss-reactive ketones (excluding diaryl/α,β-unsaturated/α-hetero) is 1. The Morgan fingerprint density at radius 3 is 2.41 bits per heavy atom. The lowest BCUT2D eigenvalue weighted by Crippen LogP contribution is -2.34. The molecular formula is C21H23N3O5. The van der Waals surface area contributed by atoms with Crippen molar-refractivity contribution in [2.75, 3.05) is 27.3 Å². The van der Waals surface area contributed by atoms with Crippen molar-refractivity contribution >= 4 is 17.7 Å². The molecule has 0 fully saturated rings. The van der Waals surface area contributed by atoms with Crippen LogP contribution in [0, 0.1) is 18.3 Å². The summed E-state index contributed by atoms with van der Waals surface area (Å²) in [5.41, 5.74) is 1.49. The second kappa shape index (κ2) is 9.55. The van der Waals surface area contributed by atoms with Gasteiger partial charge in [-0.25, -0.2) is 4.79 Å². The Hall–Kier alpha value is -3.60. The predicted octanol–water partition coefficient (Wildman–Crippen LogP) is 2.73. The molecule has 0 aliphatic rings. The molecule has 1 aromatic heterocycles. The summed E-state index contributed by atoms with van der Waals surface area (Å²) < 4.78 is 10.3. The van der Waals surface area contributed by atoms with Crippen LogP contribution in [0.4, 0.5) is 0 Å². The summed E-state index contributed by atoms with van der Waals surface area (Å²) in [6.45, 7) is 3.63. The Kier molecular flexibility index (Phi) is 7.15. The number of esters is 1. The van der Waals surface area contributed by atoms with Gasteiger partial charge in [0, 0.05) is 24.8 Å². The molecule has 1 aromatic carbocycles. The van der Waals surface area contributed by atoms with Crippen LogP contribution in [0.2, 0.25) is 0 Å². The van der Waals surface area contributed by atoms with E-state index in [1.165, 1.54) is 19.1 Å². The predicted molar refractivity (Wildman–Crippen MR) is 106 cm³/mol. The highest BCUT2D eigenvalue weighted by molar-refractivity contribution is 6.43. The zero-order valence-corrected chi connectivity index (χ0v) is 16.9. The van der Waals surface area contributed by atoms with Gasteiger partial charge in [0.2, 0.25) is 0 Å². The van der Waals surface area contributed by atoms with E-state index < -0.39 is 17.7 Å². The maximum atomic E-state index is 12.9. The quantitative estimate of drug-likeness (QED) is 0.416. The molecule has 0 unspecified atom stereocenters. The number of aromatic nitrogens is 1. The highest BCUT2D eigenvalue weighted by atomic mass is 16.5. The number of rotatable bonds is 8. The summed E-state index contributed by atoms with van der Waals surface area (Å²) in [5.74, 6) is -1.54. The van der Waals surface area contributed by atoms with Crippen LogP contribution in [0.15, 0.2) is 24.3 Å². The van der Waals surface area contributed by atoms with Crippen LogP contribution in [0.3, 0.4) is 0 Å². The number of likely N-dealkylation sites (N-methyl/N-ethyl adjacent to an activating group) is 1. The Balaban J connectivity index is 2.58. The molecule has 1 heterocycles. The largest absolute Gasteiger partial charge is 0.497 e. The summed E-state index contributed by atoms with van der Waals surface area (Å²) in [7, 11) is 2.98. The van der Waals surface area contributed by atoms with Crippen LogP contribution in [-0.2, 0) is 9.53 Å². The van der Waals surface area contributed by atoms with Gasteiger partial charge in [-0.3, -0.25) is 9.59 Å². The van der Waals surface area contributed by atoms with Crippen LogP contribution >= 0.6 is 0 Å². The minimum absolute atomic E-state index is 0.00419. The second-order valence-corrected chi connectivity index (χ2v) is 6.29. The molecule has 2 rings (SSSR count). The van der Waals surface area contributed by atoms with E-state index in [4.69, 9.17) is 14.7 Å². The second-order valence-electron chi connectivity index (χ2n) is 6.29. The number of carbonyl (C=O) groups is 3. The molecular weight excluding hydrogens is 374 g/mol. The van der Waals surface area contributed by atoms with Crippen molar-refractivity contribution in [3.8, 4) is 22.9 Å². The first-order valence-corrected chi connectivity index (χ1v) is 9.06. The van der Waals surface area contributed by atoms with Crippen molar-refractivity contribution in [3.05, 3.63) is 41.2 Å². The average molecular weight is 397 g/mol. The number of carbonyl (C=O) groups excluding carboxylic acids is 3. The van der Waals surface area contributed by atoms with Crippen LogP contribution in [0.25, 0.3) is 11.1 Å². The number of nitrogens with zero attached hydrogens (tertiary/aromatic N) is 2. The molecule has 0 aliphatic carbocycles. The Labute approximate surface area is 169 Å². The van der Waals surface area contributed by atoms with E-state index in [-0.39, 0.29) is 30.8 Å². The lowest BCUT2D eigenvalue weighted by molar-refractivity contribution is -0.125. The highest BCUT2D eigenvalue weighted by Crippen LogP contribution is 2.32. The van der Waals surface area contributed by atoms with Crippen molar-refractivity contribution in [3.63, 3.8) is 0 Å². The molecule has 0 spiro atoms. The van der Waals surface area contributed by atoms with Crippen LogP contribution in [0.5, 0.6) is 5.75 Å². The molecule has 152 valence electrons. The third-order valence-electron chi connectivity index (χ3n) is 4.37. The van der Waals surface area contributed by atoms with Gasteiger partial charge in [0.25, 0.3) is 11.7 Å². The number of amides is 1. The highest BCUT2D eigenvalue weighted by Gasteiger charge is 2.31. The maximum absolute atomic E-state index is 12.9. The summed E-state index contributed by atoms with van der Waals surface area (Å²) in [6.07, 6.45) is 0.110. The molecule has 1 N–H and O–H groups in total.